The molecule has 226 valence electrons. The number of halogens is 12. The third-order valence-corrected chi connectivity index (χ3v) is 7.54. The maximum Gasteiger partial charge on any atom is 0.424 e. The van der Waals surface area contributed by atoms with Crippen LogP contribution in [0.5, 0.6) is 0 Å². The molecule has 0 spiro atoms. The molecule has 0 fully saturated rings. The van der Waals surface area contributed by atoms with Gasteiger partial charge in [-0.1, -0.05) is 59.7 Å². The van der Waals surface area contributed by atoms with Crippen LogP contribution in [-0.2, 0) is 0 Å². The largest absolute Gasteiger partial charge is 0.424 e. The number of hydrogen-bond donors (Lipinski definition) is 0. The van der Waals surface area contributed by atoms with Crippen molar-refractivity contribution in [2.75, 3.05) is 0 Å². The van der Waals surface area contributed by atoms with Crippen LogP contribution < -0.4 is 0 Å². The first-order chi connectivity index (χ1) is 19.2. The van der Waals surface area contributed by atoms with Crippen molar-refractivity contribution in [3.8, 4) is 0 Å². The molecule has 0 saturated heterocycles. The Morgan fingerprint density at radius 1 is 0.500 bits per heavy atom. The molecule has 0 saturated carbocycles. The Labute approximate surface area is 229 Å². The van der Waals surface area contributed by atoms with Gasteiger partial charge >= 0.3 is 24.7 Å². The van der Waals surface area contributed by atoms with E-state index in [0.29, 0.717) is 23.5 Å². The maximum absolute atomic E-state index is 14.7. The zero-order valence-electron chi connectivity index (χ0n) is 21.3. The summed E-state index contributed by atoms with van der Waals surface area (Å²) in [6.45, 7) is 3.09. The van der Waals surface area contributed by atoms with Crippen LogP contribution in [0, 0.1) is 13.8 Å². The zero-order valence-corrected chi connectivity index (χ0v) is 21.3. The molecule has 3 aliphatic rings. The zero-order chi connectivity index (χ0) is 31.3. The fourth-order valence-corrected chi connectivity index (χ4v) is 5.56. The van der Waals surface area contributed by atoms with Gasteiger partial charge in [-0.15, -0.1) is 0 Å². The molecule has 0 bridgehead atoms. The average Bonchev–Trinajstić information content (AvgIpc) is 3.40. The Morgan fingerprint density at radius 3 is 1.00 bits per heavy atom. The van der Waals surface area contributed by atoms with Crippen LogP contribution in [0.25, 0.3) is 0 Å². The van der Waals surface area contributed by atoms with Crippen LogP contribution in [-0.4, -0.2) is 69.3 Å². The van der Waals surface area contributed by atoms with Crippen LogP contribution in [0.4, 0.5) is 52.7 Å². The molecule has 3 heterocycles. The molecular weight excluding hydrogens is 596 g/mol. The summed E-state index contributed by atoms with van der Waals surface area (Å²) in [5, 5.41) is 0. The number of nitrogens with zero attached hydrogens (tertiary/aromatic N) is 4. The number of alkyl halides is 12. The molecular formula is C26H18F12N4. The maximum atomic E-state index is 14.7. The van der Waals surface area contributed by atoms with Crippen molar-refractivity contribution in [2.45, 2.75) is 61.7 Å². The predicted octanol–water partition coefficient (Wildman–Crippen LogP) is 7.08. The first-order valence-corrected chi connectivity index (χ1v) is 12.0. The Morgan fingerprint density at radius 2 is 0.762 bits per heavy atom. The summed E-state index contributed by atoms with van der Waals surface area (Å²) in [5.74, 6) is -2.21. The van der Waals surface area contributed by atoms with Gasteiger partial charge in [0.2, 0.25) is 0 Å². The van der Waals surface area contributed by atoms with Crippen LogP contribution >= 0.6 is 0 Å². The fraction of sp³-hybridized carbons (Fsp3) is 0.385. The molecule has 0 aromatic heterocycles. The number of fused-ring (bicyclic) bond motifs is 3. The highest BCUT2D eigenvalue weighted by atomic mass is 19.4. The third kappa shape index (κ3) is 3.92. The van der Waals surface area contributed by atoms with Gasteiger partial charge in [-0.25, -0.2) is 9.98 Å². The SMILES string of the molecule is Cc1ccc(C2=NC(C(F)(F)F)(C(F)(F)F)C3C4N(C=CN23)C(c2ccc(C)cc2)=NC4(C(F)(F)F)C(F)(F)F)cc1. The van der Waals surface area contributed by atoms with Crippen LogP contribution in [0.15, 0.2) is 70.9 Å². The summed E-state index contributed by atoms with van der Waals surface area (Å²) in [4.78, 5) is 6.05. The van der Waals surface area contributed by atoms with Gasteiger partial charge in [0.25, 0.3) is 11.1 Å². The highest BCUT2D eigenvalue weighted by Crippen LogP contribution is 2.62. The Kier molecular flexibility index (Phi) is 6.30. The van der Waals surface area contributed by atoms with Gasteiger partial charge in [-0.05, 0) is 13.8 Å². The second-order valence-electron chi connectivity index (χ2n) is 10.1. The van der Waals surface area contributed by atoms with Crippen LogP contribution in [0.3, 0.4) is 0 Å². The van der Waals surface area contributed by atoms with Crippen molar-refractivity contribution in [3.05, 3.63) is 83.2 Å². The van der Waals surface area contributed by atoms with Gasteiger partial charge in [0.1, 0.15) is 23.8 Å². The van der Waals surface area contributed by atoms with Gasteiger partial charge in [0.15, 0.2) is 0 Å². The van der Waals surface area contributed by atoms with E-state index in [1.165, 1.54) is 24.3 Å². The fourth-order valence-electron chi connectivity index (χ4n) is 5.56. The summed E-state index contributed by atoms with van der Waals surface area (Å²) in [6, 6.07) is 2.17. The van der Waals surface area contributed by atoms with E-state index in [0.717, 1.165) is 24.3 Å². The van der Waals surface area contributed by atoms with Gasteiger partial charge in [-0.3, -0.25) is 0 Å². The molecule has 0 aliphatic carbocycles. The number of rotatable bonds is 2. The molecule has 42 heavy (non-hydrogen) atoms. The van der Waals surface area contributed by atoms with Crippen molar-refractivity contribution in [2.24, 2.45) is 9.98 Å². The van der Waals surface area contributed by atoms with Crippen molar-refractivity contribution >= 4 is 11.7 Å². The quantitative estimate of drug-likeness (QED) is 0.339. The minimum Gasteiger partial charge on any atom is -0.323 e. The van der Waals surface area contributed by atoms with E-state index in [-0.39, 0.29) is 20.9 Å². The van der Waals surface area contributed by atoms with E-state index in [1.54, 1.807) is 13.8 Å². The average molecular weight is 614 g/mol. The summed E-state index contributed by atoms with van der Waals surface area (Å²) in [6.07, 6.45) is -24.8. The summed E-state index contributed by atoms with van der Waals surface area (Å²) >= 11 is 0. The molecule has 0 amide bonds. The third-order valence-electron chi connectivity index (χ3n) is 7.54. The van der Waals surface area contributed by atoms with Crippen LogP contribution in [0.2, 0.25) is 0 Å². The molecule has 16 heteroatoms. The lowest BCUT2D eigenvalue weighted by Gasteiger charge is -2.50. The second-order valence-corrected chi connectivity index (χ2v) is 10.1. The van der Waals surface area contributed by atoms with E-state index >= 15 is 0 Å². The standard InChI is InChI=1S/C26H18F12N4/c1-13-3-7-15(8-4-13)19-39-21(23(27,28)29,24(30,31)32)17-18-22(25(33,34)35,26(36,37)38)40-20(42(18)12-11-41(17)19)16-9-5-14(2)6-10-16/h3-12,17-18H,1-2H3. The summed E-state index contributed by atoms with van der Waals surface area (Å²) in [7, 11) is 0. The van der Waals surface area contributed by atoms with E-state index in [4.69, 9.17) is 0 Å². The lowest BCUT2D eigenvalue weighted by Crippen LogP contribution is -2.77. The topological polar surface area (TPSA) is 31.2 Å². The van der Waals surface area contributed by atoms with Gasteiger partial charge in [0, 0.05) is 23.5 Å². The van der Waals surface area contributed by atoms with E-state index in [2.05, 4.69) is 9.98 Å². The van der Waals surface area contributed by atoms with E-state index < -0.39 is 59.5 Å². The molecule has 4 nitrogen and oxygen atoms in total. The van der Waals surface area contributed by atoms with E-state index in [1.807, 2.05) is 0 Å². The molecule has 3 aliphatic heterocycles. The van der Waals surface area contributed by atoms with Crippen molar-refractivity contribution in [3.63, 3.8) is 0 Å². The smallest absolute Gasteiger partial charge is 0.323 e. The minimum absolute atomic E-state index is 0.0899. The number of aliphatic imine (C=N–C) groups is 2. The van der Waals surface area contributed by atoms with Crippen molar-refractivity contribution < 1.29 is 52.7 Å². The summed E-state index contributed by atoms with van der Waals surface area (Å²) in [5.41, 5.74) is -10.6. The molecule has 2 unspecified atom stereocenters. The van der Waals surface area contributed by atoms with Gasteiger partial charge in [-0.2, -0.15) is 52.7 Å². The number of hydrogen-bond acceptors (Lipinski definition) is 4. The lowest BCUT2D eigenvalue weighted by molar-refractivity contribution is -0.331. The normalized spacial score (nSPS) is 23.5. The Bertz CT molecular complexity index is 1320. The Hall–Kier alpha value is -3.72. The van der Waals surface area contributed by atoms with Gasteiger partial charge < -0.3 is 9.80 Å². The number of aryl methyl sites for hydroxylation is 2. The Balaban J connectivity index is 1.87. The minimum atomic E-state index is -6.49. The highest BCUT2D eigenvalue weighted by molar-refractivity contribution is 6.04. The molecule has 2 atom stereocenters. The second kappa shape index (κ2) is 8.89. The lowest BCUT2D eigenvalue weighted by atomic mass is 9.74. The monoisotopic (exact) mass is 614 g/mol. The number of amidine groups is 2. The first kappa shape index (κ1) is 29.8. The summed E-state index contributed by atoms with van der Waals surface area (Å²) < 4.78 is 176. The molecule has 2 aromatic carbocycles. The van der Waals surface area contributed by atoms with Crippen LogP contribution in [0.1, 0.15) is 22.3 Å². The van der Waals surface area contributed by atoms with Crippen molar-refractivity contribution in [1.29, 1.82) is 0 Å². The van der Waals surface area contributed by atoms with Gasteiger partial charge in [0.05, 0.1) is 0 Å². The van der Waals surface area contributed by atoms with Crippen molar-refractivity contribution in [1.82, 2.24) is 9.80 Å². The molecule has 5 rings (SSSR count). The molecule has 2 aromatic rings. The van der Waals surface area contributed by atoms with E-state index in [9.17, 15) is 52.7 Å². The first-order valence-electron chi connectivity index (χ1n) is 12.0. The highest BCUT2D eigenvalue weighted by Gasteiger charge is 2.87. The molecule has 0 radical (unpaired) electrons. The predicted molar refractivity (Wildman–Crippen MR) is 126 cm³/mol. The number of benzene rings is 2. The molecule has 0 N–H and O–H groups in total.